The lowest BCUT2D eigenvalue weighted by Gasteiger charge is -2.09. The van der Waals surface area contributed by atoms with Gasteiger partial charge in [0, 0.05) is 39.2 Å². The summed E-state index contributed by atoms with van der Waals surface area (Å²) in [5, 5.41) is 3.86. The van der Waals surface area contributed by atoms with E-state index in [1.807, 2.05) is 0 Å². The van der Waals surface area contributed by atoms with Crippen molar-refractivity contribution in [1.82, 2.24) is 0 Å². The van der Waals surface area contributed by atoms with Crippen molar-refractivity contribution in [2.45, 2.75) is 16.7 Å². The van der Waals surface area contributed by atoms with E-state index >= 15 is 0 Å². The van der Waals surface area contributed by atoms with E-state index in [1.54, 1.807) is 48.5 Å². The highest BCUT2D eigenvalue weighted by Gasteiger charge is 2.67. The number of ketones is 1. The van der Waals surface area contributed by atoms with Crippen LogP contribution in [0.15, 0.2) is 60.7 Å². The maximum Gasteiger partial charge on any atom is 0.231 e. The van der Waals surface area contributed by atoms with Crippen LogP contribution in [-0.2, 0) is 11.2 Å². The summed E-state index contributed by atoms with van der Waals surface area (Å²) in [5.41, 5.74) is 2.56. The van der Waals surface area contributed by atoms with Gasteiger partial charge in [0.2, 0.25) is 5.91 Å². The predicted octanol–water partition coefficient (Wildman–Crippen LogP) is 7.41. The van der Waals surface area contributed by atoms with E-state index in [2.05, 4.69) is 5.32 Å². The molecule has 0 aromatic heterocycles. The molecular formula is C25H16Cl5NO3. The standard InChI is InChI=1S/C25H16Cl5NO3/c26-16-8-15(9-17(27)10-16)22-23(25(22,29)30)24(34)31-18-5-6-20(28)19(11-18)21(33)7-13-1-3-14(12-32)4-2-13/h1-6,8-12,22-23H,7H2,(H,31,34). The molecule has 174 valence electrons. The number of rotatable bonds is 7. The fourth-order valence-corrected chi connectivity index (χ4v) is 5.45. The van der Waals surface area contributed by atoms with Crippen LogP contribution in [0.4, 0.5) is 5.69 Å². The Labute approximate surface area is 221 Å². The maximum absolute atomic E-state index is 13.0. The van der Waals surface area contributed by atoms with E-state index in [0.29, 0.717) is 26.9 Å². The molecule has 4 rings (SSSR count). The van der Waals surface area contributed by atoms with Gasteiger partial charge in [-0.1, -0.05) is 59.1 Å². The number of benzene rings is 3. The number of aldehydes is 1. The van der Waals surface area contributed by atoms with Gasteiger partial charge in [0.15, 0.2) is 5.78 Å². The number of carbonyl (C=O) groups excluding carboxylic acids is 3. The van der Waals surface area contributed by atoms with E-state index in [4.69, 9.17) is 58.0 Å². The van der Waals surface area contributed by atoms with Crippen molar-refractivity contribution < 1.29 is 14.4 Å². The molecule has 3 aromatic rings. The molecule has 1 N–H and O–H groups in total. The topological polar surface area (TPSA) is 63.2 Å². The van der Waals surface area contributed by atoms with Gasteiger partial charge < -0.3 is 5.32 Å². The molecule has 1 aliphatic rings. The van der Waals surface area contributed by atoms with Gasteiger partial charge >= 0.3 is 0 Å². The molecule has 4 nitrogen and oxygen atoms in total. The lowest BCUT2D eigenvalue weighted by molar-refractivity contribution is -0.117. The number of nitrogens with one attached hydrogen (secondary N) is 1. The van der Waals surface area contributed by atoms with Gasteiger partial charge in [0.1, 0.15) is 10.6 Å². The van der Waals surface area contributed by atoms with Crippen LogP contribution in [-0.4, -0.2) is 22.3 Å². The molecule has 3 aromatic carbocycles. The fourth-order valence-electron chi connectivity index (χ4n) is 3.85. The van der Waals surface area contributed by atoms with Gasteiger partial charge in [-0.05, 0) is 47.5 Å². The Balaban J connectivity index is 1.49. The Morgan fingerprint density at radius 1 is 0.912 bits per heavy atom. The number of Topliss-reactive ketones (excluding diaryl/α,β-unsaturated/α-hetero) is 1. The van der Waals surface area contributed by atoms with Crippen LogP contribution in [0.1, 0.15) is 37.8 Å². The monoisotopic (exact) mass is 553 g/mol. The third-order valence-electron chi connectivity index (χ3n) is 5.59. The van der Waals surface area contributed by atoms with E-state index in [1.165, 1.54) is 12.1 Å². The van der Waals surface area contributed by atoms with E-state index < -0.39 is 22.1 Å². The van der Waals surface area contributed by atoms with Crippen molar-refractivity contribution in [3.8, 4) is 0 Å². The average molecular weight is 556 g/mol. The van der Waals surface area contributed by atoms with E-state index in [0.717, 1.165) is 11.8 Å². The SMILES string of the molecule is O=Cc1ccc(CC(=O)c2cc(NC(=O)C3C(c4cc(Cl)cc(Cl)c4)C3(Cl)Cl)ccc2Cl)cc1. The van der Waals surface area contributed by atoms with Crippen LogP contribution in [0.5, 0.6) is 0 Å². The molecular weight excluding hydrogens is 540 g/mol. The van der Waals surface area contributed by atoms with Gasteiger partial charge in [-0.3, -0.25) is 14.4 Å². The molecule has 9 heteroatoms. The summed E-state index contributed by atoms with van der Waals surface area (Å²) in [7, 11) is 0. The molecule has 0 saturated heterocycles. The van der Waals surface area contributed by atoms with Crippen LogP contribution >= 0.6 is 58.0 Å². The molecule has 0 bridgehead atoms. The number of hydrogen-bond acceptors (Lipinski definition) is 3. The van der Waals surface area contributed by atoms with E-state index in [-0.39, 0.29) is 22.8 Å². The zero-order chi connectivity index (χ0) is 24.6. The second-order valence-corrected chi connectivity index (χ2v) is 10.7. The van der Waals surface area contributed by atoms with Gasteiger partial charge in [-0.15, -0.1) is 23.2 Å². The summed E-state index contributed by atoms with van der Waals surface area (Å²) in [6, 6.07) is 16.3. The lowest BCUT2D eigenvalue weighted by atomic mass is 10.0. The van der Waals surface area contributed by atoms with Crippen molar-refractivity contribution in [1.29, 1.82) is 0 Å². The van der Waals surface area contributed by atoms with Crippen LogP contribution < -0.4 is 5.32 Å². The summed E-state index contributed by atoms with van der Waals surface area (Å²) in [6.07, 6.45) is 0.819. The summed E-state index contributed by atoms with van der Waals surface area (Å²) in [4.78, 5) is 36.6. The first-order valence-corrected chi connectivity index (χ1v) is 12.0. The van der Waals surface area contributed by atoms with Gasteiger partial charge in [0.05, 0.1) is 10.9 Å². The predicted molar refractivity (Wildman–Crippen MR) is 137 cm³/mol. The van der Waals surface area contributed by atoms with Crippen molar-refractivity contribution >= 4 is 81.7 Å². The molecule has 0 spiro atoms. The fraction of sp³-hybridized carbons (Fsp3) is 0.160. The minimum Gasteiger partial charge on any atom is -0.326 e. The highest BCUT2D eigenvalue weighted by atomic mass is 35.5. The molecule has 0 radical (unpaired) electrons. The molecule has 2 unspecified atom stereocenters. The van der Waals surface area contributed by atoms with Crippen LogP contribution in [0.3, 0.4) is 0 Å². The van der Waals surface area contributed by atoms with Gasteiger partial charge in [-0.25, -0.2) is 0 Å². The summed E-state index contributed by atoms with van der Waals surface area (Å²) in [6.45, 7) is 0. The number of alkyl halides is 2. The Hall–Kier alpha value is -2.08. The number of carbonyl (C=O) groups is 3. The van der Waals surface area contributed by atoms with Crippen LogP contribution in [0.2, 0.25) is 15.1 Å². The van der Waals surface area contributed by atoms with Crippen molar-refractivity contribution in [2.75, 3.05) is 5.32 Å². The van der Waals surface area contributed by atoms with Gasteiger partial charge in [-0.2, -0.15) is 0 Å². The quantitative estimate of drug-likeness (QED) is 0.188. The zero-order valence-electron chi connectivity index (χ0n) is 17.3. The first-order chi connectivity index (χ1) is 16.1. The summed E-state index contributed by atoms with van der Waals surface area (Å²) >= 11 is 31.2. The Kier molecular flexibility index (Phi) is 7.28. The molecule has 34 heavy (non-hydrogen) atoms. The largest absolute Gasteiger partial charge is 0.326 e. The minimum absolute atomic E-state index is 0.0863. The minimum atomic E-state index is -1.32. The Bertz CT molecular complexity index is 1270. The smallest absolute Gasteiger partial charge is 0.231 e. The molecule has 0 heterocycles. The van der Waals surface area contributed by atoms with Gasteiger partial charge in [0.25, 0.3) is 0 Å². The third kappa shape index (κ3) is 5.27. The third-order valence-corrected chi connectivity index (χ3v) is 7.30. The second-order valence-electron chi connectivity index (χ2n) is 7.98. The molecule has 1 aliphatic carbocycles. The van der Waals surface area contributed by atoms with Crippen molar-refractivity contribution in [2.24, 2.45) is 5.92 Å². The molecule has 1 fully saturated rings. The average Bonchev–Trinajstić information content (AvgIpc) is 3.37. The highest BCUT2D eigenvalue weighted by Crippen LogP contribution is 2.65. The maximum atomic E-state index is 13.0. The second kappa shape index (κ2) is 9.88. The summed E-state index contributed by atoms with van der Waals surface area (Å²) in [5.74, 6) is -1.87. The first-order valence-electron chi connectivity index (χ1n) is 10.1. The Morgan fingerprint density at radius 2 is 1.56 bits per heavy atom. The summed E-state index contributed by atoms with van der Waals surface area (Å²) < 4.78 is -1.32. The molecule has 1 amide bonds. The lowest BCUT2D eigenvalue weighted by Crippen LogP contribution is -2.17. The number of halogens is 5. The molecule has 2 atom stereocenters. The number of anilines is 1. The highest BCUT2D eigenvalue weighted by molar-refractivity contribution is 6.53. The number of amides is 1. The van der Waals surface area contributed by atoms with Crippen LogP contribution in [0.25, 0.3) is 0 Å². The van der Waals surface area contributed by atoms with Crippen molar-refractivity contribution in [3.05, 3.63) is 98.0 Å². The zero-order valence-corrected chi connectivity index (χ0v) is 21.1. The van der Waals surface area contributed by atoms with E-state index in [9.17, 15) is 14.4 Å². The Morgan fingerprint density at radius 3 is 2.18 bits per heavy atom. The normalized spacial score (nSPS) is 18.3. The van der Waals surface area contributed by atoms with Crippen LogP contribution in [0, 0.1) is 5.92 Å². The number of hydrogen-bond donors (Lipinski definition) is 1. The van der Waals surface area contributed by atoms with Crippen molar-refractivity contribution in [3.63, 3.8) is 0 Å². The molecule has 0 aliphatic heterocycles. The first kappa shape index (κ1) is 25.0. The molecule has 1 saturated carbocycles.